The van der Waals surface area contributed by atoms with Crippen LogP contribution < -0.4 is 14.9 Å². The second-order valence-electron chi connectivity index (χ2n) is 6.40. The molecule has 2 aromatic carbocycles. The lowest BCUT2D eigenvalue weighted by Crippen LogP contribution is -2.31. The molecule has 1 N–H and O–H groups in total. The summed E-state index contributed by atoms with van der Waals surface area (Å²) in [6.45, 7) is 2.02. The summed E-state index contributed by atoms with van der Waals surface area (Å²) < 4.78 is 49.9. The number of benzene rings is 2. The molecule has 1 aliphatic heterocycles. The smallest absolute Gasteiger partial charge is 0.294 e. The summed E-state index contributed by atoms with van der Waals surface area (Å²) in [6, 6.07) is 9.24. The monoisotopic (exact) mass is 388 g/mol. The molecule has 1 aliphatic rings. The topological polar surface area (TPSA) is 103 Å². The summed E-state index contributed by atoms with van der Waals surface area (Å²) in [5.41, 5.74) is 1.36. The van der Waals surface area contributed by atoms with Gasteiger partial charge in [-0.3, -0.25) is 9.35 Å². The molecule has 1 atom stereocenters. The highest BCUT2D eigenvalue weighted by Gasteiger charge is 2.27. The van der Waals surface area contributed by atoms with Crippen LogP contribution in [0.5, 0.6) is 11.5 Å². The minimum absolute atomic E-state index is 0.160. The predicted molar refractivity (Wildman–Crippen MR) is 97.1 cm³/mol. The predicted octanol–water partition coefficient (Wildman–Crippen LogP) is 2.73. The van der Waals surface area contributed by atoms with Crippen LogP contribution >= 0.6 is 0 Å². The first-order valence-electron chi connectivity index (χ1n) is 8.24. The number of ether oxygens (including phenoxy) is 2. The zero-order valence-corrected chi connectivity index (χ0v) is 15.2. The van der Waals surface area contributed by atoms with Gasteiger partial charge in [-0.05, 0) is 30.7 Å². The number of hydrogen-bond donors (Lipinski definition) is 1. The first-order valence-corrected chi connectivity index (χ1v) is 9.68. The molecule has 0 radical (unpaired) electrons. The van der Waals surface area contributed by atoms with Crippen molar-refractivity contribution in [3.8, 4) is 11.5 Å². The molecule has 1 unspecified atom stereocenters. The molecule has 4 rings (SSSR count). The molecule has 2 heterocycles. The Bertz CT molecular complexity index is 1190. The molecule has 1 aromatic heterocycles. The highest BCUT2D eigenvalue weighted by molar-refractivity contribution is 7.85. The van der Waals surface area contributed by atoms with Gasteiger partial charge in [-0.25, -0.2) is 0 Å². The summed E-state index contributed by atoms with van der Waals surface area (Å²) in [7, 11) is -4.36. The van der Waals surface area contributed by atoms with E-state index >= 15 is 0 Å². The second kappa shape index (κ2) is 6.40. The van der Waals surface area contributed by atoms with Gasteiger partial charge in [-0.15, -0.1) is 0 Å². The highest BCUT2D eigenvalue weighted by atomic mass is 32.2. The van der Waals surface area contributed by atoms with Gasteiger partial charge in [0.2, 0.25) is 5.75 Å². The Morgan fingerprint density at radius 3 is 2.78 bits per heavy atom. The first kappa shape index (κ1) is 17.6. The van der Waals surface area contributed by atoms with E-state index in [1.807, 2.05) is 6.92 Å². The Labute approximate surface area is 154 Å². The number of fused-ring (bicyclic) bond motifs is 3. The Morgan fingerprint density at radius 1 is 1.19 bits per heavy atom. The van der Waals surface area contributed by atoms with Crippen molar-refractivity contribution in [1.82, 2.24) is 0 Å². The van der Waals surface area contributed by atoms with E-state index in [1.165, 1.54) is 18.4 Å². The zero-order chi connectivity index (χ0) is 19.2. The molecule has 0 saturated carbocycles. The van der Waals surface area contributed by atoms with Crippen LogP contribution in [0, 0.1) is 6.92 Å². The summed E-state index contributed by atoms with van der Waals surface area (Å²) in [5, 5.41) is 0.370. The van der Waals surface area contributed by atoms with Crippen LogP contribution in [0.1, 0.15) is 11.1 Å². The summed E-state index contributed by atoms with van der Waals surface area (Å²) in [5.74, 6) is 0.759. The standard InChI is InChI=1S/C19H16O7S/c1-11-2-5-17(27(21,22)23)12(8-11)9-13-10-25-16-4-3-14-15(20)6-7-24-18(14)19(16)26-13/h2-8,13H,9-10H2,1H3,(H,21,22,23). The highest BCUT2D eigenvalue weighted by Crippen LogP contribution is 2.38. The molecule has 3 aromatic rings. The van der Waals surface area contributed by atoms with Gasteiger partial charge in [0.05, 0.1) is 16.5 Å². The average Bonchev–Trinajstić information content (AvgIpc) is 2.61. The van der Waals surface area contributed by atoms with Crippen molar-refractivity contribution < 1.29 is 26.9 Å². The van der Waals surface area contributed by atoms with Gasteiger partial charge < -0.3 is 13.9 Å². The van der Waals surface area contributed by atoms with E-state index in [2.05, 4.69) is 0 Å². The van der Waals surface area contributed by atoms with E-state index in [-0.39, 0.29) is 28.9 Å². The Morgan fingerprint density at radius 2 is 2.00 bits per heavy atom. The zero-order valence-electron chi connectivity index (χ0n) is 14.3. The minimum Gasteiger partial charge on any atom is -0.486 e. The van der Waals surface area contributed by atoms with Crippen molar-refractivity contribution in [2.24, 2.45) is 0 Å². The van der Waals surface area contributed by atoms with E-state index in [0.29, 0.717) is 22.4 Å². The normalized spacial score (nSPS) is 16.4. The van der Waals surface area contributed by atoms with Crippen LogP contribution in [-0.4, -0.2) is 25.7 Å². The lowest BCUT2D eigenvalue weighted by molar-refractivity contribution is 0.0914. The Hall–Kier alpha value is -2.84. The molecule has 0 spiro atoms. The van der Waals surface area contributed by atoms with E-state index in [9.17, 15) is 17.8 Å². The quantitative estimate of drug-likeness (QED) is 0.688. The first-order chi connectivity index (χ1) is 12.8. The largest absolute Gasteiger partial charge is 0.486 e. The maximum absolute atomic E-state index is 12.0. The third-order valence-electron chi connectivity index (χ3n) is 4.40. The number of hydrogen-bond acceptors (Lipinski definition) is 6. The maximum atomic E-state index is 12.0. The fourth-order valence-corrected chi connectivity index (χ4v) is 3.90. The van der Waals surface area contributed by atoms with Crippen molar-refractivity contribution in [3.05, 3.63) is 64.0 Å². The summed E-state index contributed by atoms with van der Waals surface area (Å²) in [4.78, 5) is 11.8. The molecule has 0 saturated heterocycles. The molecule has 0 aliphatic carbocycles. The fourth-order valence-electron chi connectivity index (χ4n) is 3.18. The second-order valence-corrected chi connectivity index (χ2v) is 7.79. The van der Waals surface area contributed by atoms with E-state index in [4.69, 9.17) is 13.9 Å². The van der Waals surface area contributed by atoms with Crippen molar-refractivity contribution in [2.75, 3.05) is 6.61 Å². The summed E-state index contributed by atoms with van der Waals surface area (Å²) in [6.07, 6.45) is 0.967. The van der Waals surface area contributed by atoms with E-state index in [1.54, 1.807) is 24.3 Å². The van der Waals surface area contributed by atoms with Gasteiger partial charge >= 0.3 is 0 Å². The molecular formula is C19H16O7S. The lowest BCUT2D eigenvalue weighted by Gasteiger charge is -2.27. The molecule has 0 bridgehead atoms. The number of rotatable bonds is 3. The minimum atomic E-state index is -4.36. The molecule has 0 amide bonds. The lowest BCUT2D eigenvalue weighted by atomic mass is 10.0. The van der Waals surface area contributed by atoms with Crippen molar-refractivity contribution >= 4 is 21.1 Å². The van der Waals surface area contributed by atoms with Crippen molar-refractivity contribution in [1.29, 1.82) is 0 Å². The fraction of sp³-hybridized carbons (Fsp3) is 0.211. The maximum Gasteiger partial charge on any atom is 0.294 e. The average molecular weight is 388 g/mol. The van der Waals surface area contributed by atoms with Gasteiger partial charge in [0.25, 0.3) is 10.1 Å². The van der Waals surface area contributed by atoms with Crippen LogP contribution in [0.15, 0.2) is 56.8 Å². The molecule has 7 nitrogen and oxygen atoms in total. The van der Waals surface area contributed by atoms with Gasteiger partial charge in [0, 0.05) is 12.5 Å². The van der Waals surface area contributed by atoms with Gasteiger partial charge in [-0.2, -0.15) is 8.42 Å². The van der Waals surface area contributed by atoms with Crippen LogP contribution in [0.3, 0.4) is 0 Å². The molecule has 8 heteroatoms. The third kappa shape index (κ3) is 3.29. The molecule has 0 fully saturated rings. The van der Waals surface area contributed by atoms with E-state index in [0.717, 1.165) is 5.56 Å². The molecule has 27 heavy (non-hydrogen) atoms. The van der Waals surface area contributed by atoms with Crippen LogP contribution in [0.2, 0.25) is 0 Å². The van der Waals surface area contributed by atoms with Crippen molar-refractivity contribution in [3.63, 3.8) is 0 Å². The summed E-state index contributed by atoms with van der Waals surface area (Å²) >= 11 is 0. The Balaban J connectivity index is 1.71. The van der Waals surface area contributed by atoms with E-state index < -0.39 is 16.2 Å². The SMILES string of the molecule is Cc1ccc(S(=O)(=O)O)c(CC2COc3ccc4c(=O)ccoc4c3O2)c1. The van der Waals surface area contributed by atoms with Crippen LogP contribution in [0.25, 0.3) is 11.0 Å². The van der Waals surface area contributed by atoms with Crippen molar-refractivity contribution in [2.45, 2.75) is 24.3 Å². The van der Waals surface area contributed by atoms with Gasteiger partial charge in [-0.1, -0.05) is 17.7 Å². The Kier molecular flexibility index (Phi) is 4.16. The number of aryl methyl sites for hydroxylation is 1. The van der Waals surface area contributed by atoms with Crippen LogP contribution in [-0.2, 0) is 16.5 Å². The molecule has 140 valence electrons. The van der Waals surface area contributed by atoms with Crippen LogP contribution in [0.4, 0.5) is 0 Å². The van der Waals surface area contributed by atoms with Gasteiger partial charge in [0.1, 0.15) is 12.7 Å². The molecular weight excluding hydrogens is 372 g/mol. The third-order valence-corrected chi connectivity index (χ3v) is 5.35. The van der Waals surface area contributed by atoms with Gasteiger partial charge in [0.15, 0.2) is 16.8 Å².